The van der Waals surface area contributed by atoms with Crippen LogP contribution in [0.5, 0.6) is 5.75 Å². The van der Waals surface area contributed by atoms with Crippen LogP contribution in [0, 0.1) is 0 Å². The van der Waals surface area contributed by atoms with Crippen molar-refractivity contribution in [3.63, 3.8) is 0 Å². The summed E-state index contributed by atoms with van der Waals surface area (Å²) in [6, 6.07) is 3.49. The van der Waals surface area contributed by atoms with Crippen LogP contribution in [0.2, 0.25) is 0 Å². The number of fused-ring (bicyclic) bond motifs is 1. The summed E-state index contributed by atoms with van der Waals surface area (Å²) in [6.07, 6.45) is 4.37. The van der Waals surface area contributed by atoms with Gasteiger partial charge in [-0.3, -0.25) is 9.11 Å². The fourth-order valence-corrected chi connectivity index (χ4v) is 1.88. The quantitative estimate of drug-likeness (QED) is 0.316. The molecule has 2 rings (SSSR count). The summed E-state index contributed by atoms with van der Waals surface area (Å²) in [4.78, 5) is 0. The van der Waals surface area contributed by atoms with Crippen molar-refractivity contribution in [1.29, 1.82) is 0 Å². The molecule has 5 N–H and O–H groups in total. The summed E-state index contributed by atoms with van der Waals surface area (Å²) in [5, 5.41) is 9.53. The Morgan fingerprint density at radius 2 is 1.53 bits per heavy atom. The monoisotopic (exact) mass is 261 g/mol. The van der Waals surface area contributed by atoms with E-state index in [9.17, 15) is 5.11 Å². The first-order chi connectivity index (χ1) is 7.79. The topological polar surface area (TPSA) is 121 Å². The van der Waals surface area contributed by atoms with Gasteiger partial charge in [0.05, 0.1) is 0 Å². The lowest BCUT2D eigenvalue weighted by atomic mass is 9.90. The normalized spacial score (nSPS) is 14.5. The molecule has 1 aliphatic carbocycles. The minimum atomic E-state index is -4.67. The molecule has 1 aromatic carbocycles. The largest absolute Gasteiger partial charge is 0.508 e. The molecule has 17 heavy (non-hydrogen) atoms. The van der Waals surface area contributed by atoms with Gasteiger partial charge >= 0.3 is 10.4 Å². The van der Waals surface area contributed by atoms with E-state index < -0.39 is 10.4 Å². The fourth-order valence-electron chi connectivity index (χ4n) is 1.88. The van der Waals surface area contributed by atoms with E-state index in [0.717, 1.165) is 24.1 Å². The molecule has 1 aliphatic rings. The van der Waals surface area contributed by atoms with Crippen molar-refractivity contribution in [1.82, 2.24) is 0 Å². The average Bonchev–Trinajstić information content (AvgIpc) is 2.22. The van der Waals surface area contributed by atoms with Crippen LogP contribution in [0.4, 0.5) is 5.69 Å². The van der Waals surface area contributed by atoms with Gasteiger partial charge in [-0.15, -0.1) is 0 Å². The predicted molar refractivity (Wildman–Crippen MR) is 63.3 cm³/mol. The summed E-state index contributed by atoms with van der Waals surface area (Å²) in [6.45, 7) is 0. The third-order valence-corrected chi connectivity index (χ3v) is 2.55. The molecular formula is C10H15NO5S. The molecule has 0 bridgehead atoms. The summed E-state index contributed by atoms with van der Waals surface area (Å²) in [5.41, 5.74) is 8.87. The van der Waals surface area contributed by atoms with Gasteiger partial charge in [-0.2, -0.15) is 8.42 Å². The molecule has 0 heterocycles. The maximum Gasteiger partial charge on any atom is 0.394 e. The van der Waals surface area contributed by atoms with E-state index in [0.29, 0.717) is 5.75 Å². The Labute approximate surface area is 99.7 Å². The lowest BCUT2D eigenvalue weighted by Crippen LogP contribution is -2.06. The molecule has 0 unspecified atom stereocenters. The van der Waals surface area contributed by atoms with Crippen molar-refractivity contribution in [3.8, 4) is 5.75 Å². The van der Waals surface area contributed by atoms with E-state index in [1.165, 1.54) is 18.4 Å². The first-order valence-corrected chi connectivity index (χ1v) is 6.48. The number of rotatable bonds is 0. The van der Waals surface area contributed by atoms with Gasteiger partial charge in [0.15, 0.2) is 0 Å². The number of phenols is 1. The van der Waals surface area contributed by atoms with Gasteiger partial charge in [-0.25, -0.2) is 0 Å². The summed E-state index contributed by atoms with van der Waals surface area (Å²) >= 11 is 0. The second kappa shape index (κ2) is 5.35. The molecule has 0 amide bonds. The van der Waals surface area contributed by atoms with Crippen molar-refractivity contribution >= 4 is 16.1 Å². The van der Waals surface area contributed by atoms with E-state index in [1.54, 1.807) is 12.1 Å². The van der Waals surface area contributed by atoms with E-state index in [1.807, 2.05) is 0 Å². The lowest BCUT2D eigenvalue weighted by molar-refractivity contribution is 0.381. The lowest BCUT2D eigenvalue weighted by Gasteiger charge is -2.18. The number of benzene rings is 1. The van der Waals surface area contributed by atoms with Crippen LogP contribution in [0.3, 0.4) is 0 Å². The highest BCUT2D eigenvalue weighted by molar-refractivity contribution is 7.79. The van der Waals surface area contributed by atoms with Crippen molar-refractivity contribution in [3.05, 3.63) is 23.3 Å². The van der Waals surface area contributed by atoms with Crippen LogP contribution in [-0.2, 0) is 23.2 Å². The number of phenolic OH excluding ortho intramolecular Hbond substituents is 1. The number of nitrogen functional groups attached to an aromatic ring is 1. The molecule has 1 aromatic rings. The third kappa shape index (κ3) is 4.59. The summed E-state index contributed by atoms with van der Waals surface area (Å²) in [5.74, 6) is 0.416. The maximum atomic E-state index is 9.53. The minimum Gasteiger partial charge on any atom is -0.508 e. The molecule has 0 radical (unpaired) electrons. The highest BCUT2D eigenvalue weighted by Gasteiger charge is 2.14. The van der Waals surface area contributed by atoms with E-state index in [2.05, 4.69) is 0 Å². The van der Waals surface area contributed by atoms with E-state index in [-0.39, 0.29) is 0 Å². The molecule has 0 aromatic heterocycles. The van der Waals surface area contributed by atoms with Gasteiger partial charge in [-0.05, 0) is 48.9 Å². The molecule has 0 fully saturated rings. The van der Waals surface area contributed by atoms with Gasteiger partial charge in [-0.1, -0.05) is 0 Å². The number of aromatic hydroxyl groups is 1. The number of anilines is 1. The average molecular weight is 261 g/mol. The molecule has 0 aliphatic heterocycles. The van der Waals surface area contributed by atoms with Crippen LogP contribution >= 0.6 is 0 Å². The Kier molecular flexibility index (Phi) is 4.33. The van der Waals surface area contributed by atoms with Crippen molar-refractivity contribution in [2.24, 2.45) is 0 Å². The second-order valence-corrected chi connectivity index (χ2v) is 4.68. The van der Waals surface area contributed by atoms with Crippen LogP contribution in [0.15, 0.2) is 12.1 Å². The van der Waals surface area contributed by atoms with Crippen LogP contribution in [0.1, 0.15) is 24.0 Å². The Balaban J connectivity index is 0.000000249. The molecule has 0 saturated heterocycles. The highest BCUT2D eigenvalue weighted by atomic mass is 32.3. The SMILES string of the molecule is Nc1ccc(O)c2c1CCCC2.O=S(=O)(O)O. The predicted octanol–water partition coefficient (Wildman–Crippen LogP) is 1.20. The van der Waals surface area contributed by atoms with Crippen molar-refractivity contribution < 1.29 is 22.6 Å². The van der Waals surface area contributed by atoms with Crippen LogP contribution in [0.25, 0.3) is 0 Å². The highest BCUT2D eigenvalue weighted by Crippen LogP contribution is 2.32. The van der Waals surface area contributed by atoms with Gasteiger partial charge in [0.25, 0.3) is 0 Å². The Morgan fingerprint density at radius 1 is 1.06 bits per heavy atom. The molecule has 0 saturated carbocycles. The third-order valence-electron chi connectivity index (χ3n) is 2.55. The van der Waals surface area contributed by atoms with Crippen molar-refractivity contribution in [2.75, 3.05) is 5.73 Å². The summed E-state index contributed by atoms with van der Waals surface area (Å²) in [7, 11) is -4.67. The Hall–Kier alpha value is -1.31. The number of hydrogen-bond acceptors (Lipinski definition) is 4. The minimum absolute atomic E-state index is 0.416. The fraction of sp³-hybridized carbons (Fsp3) is 0.400. The first kappa shape index (κ1) is 13.8. The maximum absolute atomic E-state index is 9.53. The summed E-state index contributed by atoms with van der Waals surface area (Å²) < 4.78 is 31.6. The molecule has 96 valence electrons. The smallest absolute Gasteiger partial charge is 0.394 e. The standard InChI is InChI=1S/C10H13NO.H2O4S/c11-9-5-6-10(12)8-4-2-1-3-7(8)9;1-5(2,3)4/h5-6,12H,1-4,11H2;(H2,1,2,3,4). The number of nitrogens with two attached hydrogens (primary N) is 1. The second-order valence-electron chi connectivity index (χ2n) is 3.79. The zero-order chi connectivity index (χ0) is 13.1. The zero-order valence-corrected chi connectivity index (χ0v) is 9.94. The molecule has 7 heteroatoms. The van der Waals surface area contributed by atoms with Crippen LogP contribution < -0.4 is 5.73 Å². The van der Waals surface area contributed by atoms with E-state index >= 15 is 0 Å². The Morgan fingerprint density at radius 3 is 2.00 bits per heavy atom. The zero-order valence-electron chi connectivity index (χ0n) is 9.13. The van der Waals surface area contributed by atoms with Crippen molar-refractivity contribution in [2.45, 2.75) is 25.7 Å². The Bertz CT molecular complexity index is 459. The van der Waals surface area contributed by atoms with Gasteiger partial charge in [0.1, 0.15) is 5.75 Å². The molecule has 0 atom stereocenters. The van der Waals surface area contributed by atoms with Gasteiger partial charge in [0, 0.05) is 5.69 Å². The molecule has 6 nitrogen and oxygen atoms in total. The van der Waals surface area contributed by atoms with Gasteiger partial charge in [0.2, 0.25) is 0 Å². The molecule has 0 spiro atoms. The van der Waals surface area contributed by atoms with Crippen LogP contribution in [-0.4, -0.2) is 22.6 Å². The molecular weight excluding hydrogens is 246 g/mol. The number of hydrogen-bond donors (Lipinski definition) is 4. The first-order valence-electron chi connectivity index (χ1n) is 5.08. The van der Waals surface area contributed by atoms with E-state index in [4.69, 9.17) is 23.3 Å². The van der Waals surface area contributed by atoms with Gasteiger partial charge < -0.3 is 10.8 Å².